The molecule has 2 heterocycles. The molecule has 0 atom stereocenters. The predicted molar refractivity (Wildman–Crippen MR) is 139 cm³/mol. The van der Waals surface area contributed by atoms with Crippen LogP contribution in [0.1, 0.15) is 11.3 Å². The summed E-state index contributed by atoms with van der Waals surface area (Å²) >= 11 is 0. The Balaban J connectivity index is 1.24. The summed E-state index contributed by atoms with van der Waals surface area (Å²) in [5.41, 5.74) is 4.78. The molecule has 5 N–H and O–H groups in total. The first-order chi connectivity index (χ1) is 18.2. The molecule has 0 saturated heterocycles. The number of carbonyl (C=O) groups is 2. The first-order valence-electron chi connectivity index (χ1n) is 11.3. The van der Waals surface area contributed by atoms with Gasteiger partial charge in [0, 0.05) is 46.3 Å². The van der Waals surface area contributed by atoms with Gasteiger partial charge >= 0.3 is 12.4 Å². The van der Waals surface area contributed by atoms with Crippen LogP contribution in [0.5, 0.6) is 5.75 Å². The van der Waals surface area contributed by atoms with Gasteiger partial charge in [-0.05, 0) is 60.7 Å². The zero-order chi connectivity index (χ0) is 26.7. The fraction of sp³-hybridized carbons (Fsp3) is 0.0370. The van der Waals surface area contributed by atoms with Crippen molar-refractivity contribution in [1.29, 1.82) is 0 Å². The number of benzene rings is 3. The minimum atomic E-state index is -4.83. The van der Waals surface area contributed by atoms with Crippen molar-refractivity contribution in [3.8, 4) is 5.75 Å². The van der Waals surface area contributed by atoms with Gasteiger partial charge in [-0.3, -0.25) is 4.79 Å². The summed E-state index contributed by atoms with van der Waals surface area (Å²) in [6.07, 6.45) is -1.26. The molecule has 0 saturated carbocycles. The molecule has 4 aromatic rings. The second-order valence-electron chi connectivity index (χ2n) is 8.26. The average Bonchev–Trinajstić information content (AvgIpc) is 3.46. The van der Waals surface area contributed by atoms with E-state index in [1.807, 2.05) is 30.3 Å². The normalized spacial score (nSPS) is 13.6. The van der Waals surface area contributed by atoms with Crippen molar-refractivity contribution < 1.29 is 27.5 Å². The van der Waals surface area contributed by atoms with Crippen LogP contribution in [0.25, 0.3) is 11.6 Å². The molecule has 5 rings (SSSR count). The lowest BCUT2D eigenvalue weighted by Gasteiger charge is -2.12. The quantitative estimate of drug-likeness (QED) is 0.181. The highest BCUT2D eigenvalue weighted by atomic mass is 19.4. The molecule has 1 aliphatic rings. The Hall–Kier alpha value is -5.19. The first kappa shape index (κ1) is 24.5. The van der Waals surface area contributed by atoms with Gasteiger partial charge < -0.3 is 31.0 Å². The summed E-state index contributed by atoms with van der Waals surface area (Å²) in [6.45, 7) is 0. The molecule has 1 aromatic heterocycles. The van der Waals surface area contributed by atoms with Crippen LogP contribution in [-0.4, -0.2) is 23.3 Å². The molecule has 38 heavy (non-hydrogen) atoms. The van der Waals surface area contributed by atoms with Crippen molar-refractivity contribution in [2.75, 3.05) is 21.3 Å². The van der Waals surface area contributed by atoms with E-state index in [0.29, 0.717) is 28.3 Å². The first-order valence-corrected chi connectivity index (χ1v) is 11.3. The van der Waals surface area contributed by atoms with Crippen LogP contribution in [0.3, 0.4) is 0 Å². The lowest BCUT2D eigenvalue weighted by Crippen LogP contribution is -2.20. The Kier molecular flexibility index (Phi) is 6.48. The van der Waals surface area contributed by atoms with Gasteiger partial charge in [-0.2, -0.15) is 0 Å². The number of aromatic amines is 1. The molecule has 0 aliphatic carbocycles. The molecule has 0 unspecified atom stereocenters. The summed E-state index contributed by atoms with van der Waals surface area (Å²) in [6, 6.07) is 20.4. The highest BCUT2D eigenvalue weighted by Crippen LogP contribution is 2.35. The van der Waals surface area contributed by atoms with E-state index in [9.17, 15) is 22.8 Å². The Morgan fingerprint density at radius 3 is 2.29 bits per heavy atom. The Labute approximate surface area is 214 Å². The average molecular weight is 519 g/mol. The number of H-pyrrole nitrogens is 1. The fourth-order valence-corrected chi connectivity index (χ4v) is 3.91. The van der Waals surface area contributed by atoms with Gasteiger partial charge in [-0.1, -0.05) is 18.2 Å². The van der Waals surface area contributed by atoms with Gasteiger partial charge in [-0.15, -0.1) is 13.2 Å². The number of hydrogen-bond acceptors (Lipinski definition) is 4. The zero-order valence-electron chi connectivity index (χ0n) is 19.5. The maximum Gasteiger partial charge on any atom is 0.573 e. The van der Waals surface area contributed by atoms with Crippen molar-refractivity contribution in [3.63, 3.8) is 0 Å². The van der Waals surface area contributed by atoms with E-state index >= 15 is 0 Å². The van der Waals surface area contributed by atoms with E-state index in [4.69, 9.17) is 0 Å². The number of urea groups is 1. The zero-order valence-corrected chi connectivity index (χ0v) is 19.5. The van der Waals surface area contributed by atoms with Gasteiger partial charge in [-0.25, -0.2) is 4.79 Å². The summed E-state index contributed by atoms with van der Waals surface area (Å²) in [4.78, 5) is 27.9. The van der Waals surface area contributed by atoms with Gasteiger partial charge in [0.2, 0.25) is 0 Å². The molecule has 0 radical (unpaired) electrons. The molecular formula is C27H20F3N5O3. The lowest BCUT2D eigenvalue weighted by atomic mass is 10.1. The highest BCUT2D eigenvalue weighted by molar-refractivity contribution is 6.35. The minimum absolute atomic E-state index is 0.128. The van der Waals surface area contributed by atoms with Crippen LogP contribution >= 0.6 is 0 Å². The third kappa shape index (κ3) is 5.95. The number of amides is 3. The second kappa shape index (κ2) is 10.1. The van der Waals surface area contributed by atoms with E-state index < -0.39 is 18.1 Å². The standard InChI is InChI=1S/C27H20F3N5O3/c28-27(29,30)38-21-8-2-6-19(13-21)34-26(37)33-18-5-1-4-17(12-18)32-20-9-10-22-23(14-16-7-3-11-31-16)25(36)35-24(22)15-20/h1-15,31-32H,(H,35,36)(H2,33,34,37)/b23-14-. The molecule has 3 amide bonds. The van der Waals surface area contributed by atoms with E-state index in [-0.39, 0.29) is 11.6 Å². The number of aromatic nitrogens is 1. The van der Waals surface area contributed by atoms with Crippen molar-refractivity contribution >= 4 is 52.0 Å². The molecule has 11 heteroatoms. The number of ether oxygens (including phenoxy) is 1. The van der Waals surface area contributed by atoms with E-state index in [1.165, 1.54) is 12.1 Å². The number of rotatable bonds is 6. The van der Waals surface area contributed by atoms with Gasteiger partial charge in [0.15, 0.2) is 0 Å². The third-order valence-corrected chi connectivity index (χ3v) is 5.46. The second-order valence-corrected chi connectivity index (χ2v) is 8.26. The van der Waals surface area contributed by atoms with Gasteiger partial charge in [0.05, 0.1) is 11.3 Å². The van der Waals surface area contributed by atoms with Gasteiger partial charge in [0.1, 0.15) is 5.75 Å². The van der Waals surface area contributed by atoms with E-state index in [1.54, 1.807) is 36.5 Å². The molecule has 0 bridgehead atoms. The van der Waals surface area contributed by atoms with Crippen LogP contribution < -0.4 is 26.0 Å². The van der Waals surface area contributed by atoms with Crippen molar-refractivity contribution in [2.24, 2.45) is 0 Å². The SMILES string of the molecule is O=C(Nc1cccc(Nc2ccc3c(c2)NC(=O)/C3=C\c2ccc[nH]2)c1)Nc1cccc(OC(F)(F)F)c1. The van der Waals surface area contributed by atoms with Crippen LogP contribution in [0.4, 0.5) is 46.4 Å². The van der Waals surface area contributed by atoms with Crippen molar-refractivity contribution in [1.82, 2.24) is 4.98 Å². The van der Waals surface area contributed by atoms with Gasteiger partial charge in [0.25, 0.3) is 5.91 Å². The molecule has 8 nitrogen and oxygen atoms in total. The Morgan fingerprint density at radius 1 is 0.842 bits per heavy atom. The largest absolute Gasteiger partial charge is 0.573 e. The summed E-state index contributed by atoms with van der Waals surface area (Å²) < 4.78 is 41.2. The summed E-state index contributed by atoms with van der Waals surface area (Å²) in [5, 5.41) is 11.2. The topological polar surface area (TPSA) is 107 Å². The van der Waals surface area contributed by atoms with Crippen LogP contribution in [0, 0.1) is 0 Å². The van der Waals surface area contributed by atoms with Crippen LogP contribution in [-0.2, 0) is 4.79 Å². The minimum Gasteiger partial charge on any atom is -0.406 e. The molecular weight excluding hydrogens is 499 g/mol. The number of carbonyl (C=O) groups excluding carboxylic acids is 2. The fourth-order valence-electron chi connectivity index (χ4n) is 3.91. The van der Waals surface area contributed by atoms with Crippen molar-refractivity contribution in [3.05, 3.63) is 96.3 Å². The maximum atomic E-state index is 12.5. The van der Waals surface area contributed by atoms with Crippen LogP contribution in [0.2, 0.25) is 0 Å². The number of alkyl halides is 3. The van der Waals surface area contributed by atoms with E-state index in [2.05, 4.69) is 31.0 Å². The van der Waals surface area contributed by atoms with Crippen LogP contribution in [0.15, 0.2) is 85.1 Å². The lowest BCUT2D eigenvalue weighted by molar-refractivity contribution is -0.274. The smallest absolute Gasteiger partial charge is 0.406 e. The number of fused-ring (bicyclic) bond motifs is 1. The molecule has 0 spiro atoms. The van der Waals surface area contributed by atoms with E-state index in [0.717, 1.165) is 23.4 Å². The monoisotopic (exact) mass is 519 g/mol. The summed E-state index contributed by atoms with van der Waals surface area (Å²) in [5.74, 6) is -0.640. The Morgan fingerprint density at radius 2 is 1.55 bits per heavy atom. The highest BCUT2D eigenvalue weighted by Gasteiger charge is 2.31. The van der Waals surface area contributed by atoms with Crippen molar-refractivity contribution in [2.45, 2.75) is 6.36 Å². The number of halogens is 3. The number of hydrogen-bond donors (Lipinski definition) is 5. The third-order valence-electron chi connectivity index (χ3n) is 5.46. The molecule has 1 aliphatic heterocycles. The summed E-state index contributed by atoms with van der Waals surface area (Å²) in [7, 11) is 0. The number of nitrogens with one attached hydrogen (secondary N) is 5. The number of anilines is 5. The predicted octanol–water partition coefficient (Wildman–Crippen LogP) is 6.79. The molecule has 3 aromatic carbocycles. The molecule has 0 fully saturated rings. The Bertz CT molecular complexity index is 1530. The molecule has 192 valence electrons. The maximum absolute atomic E-state index is 12.5.